The van der Waals surface area contributed by atoms with Gasteiger partial charge in [-0.05, 0) is 50.2 Å². The van der Waals surface area contributed by atoms with Crippen LogP contribution in [0.2, 0.25) is 0 Å². The molecule has 0 atom stereocenters. The van der Waals surface area contributed by atoms with Crippen LogP contribution in [-0.4, -0.2) is 36.3 Å². The molecule has 2 aromatic carbocycles. The minimum atomic E-state index is -4.84. The molecule has 4 rings (SSSR count). The monoisotopic (exact) mass is 405 g/mol. The standard InChI is InChI=1S/C21H19F4N3O/c22-17-9-8-14(12-16(17)21(23,24)25)26-19-15-6-2-3-7-18(15)28(20(19)29)13-27-10-4-1-5-11-27/h2-3,6-9,12H,1,4-5,10-11,13H2. The highest BCUT2D eigenvalue weighted by Crippen LogP contribution is 2.35. The van der Waals surface area contributed by atoms with Crippen LogP contribution in [0.3, 0.4) is 0 Å². The number of carbonyl (C=O) groups excluding carboxylic acids is 1. The number of hydrogen-bond donors (Lipinski definition) is 0. The Balaban J connectivity index is 1.70. The highest BCUT2D eigenvalue weighted by atomic mass is 19.4. The predicted molar refractivity (Wildman–Crippen MR) is 102 cm³/mol. The van der Waals surface area contributed by atoms with Crippen molar-refractivity contribution in [1.82, 2.24) is 4.90 Å². The zero-order valence-electron chi connectivity index (χ0n) is 15.5. The summed E-state index contributed by atoms with van der Waals surface area (Å²) in [7, 11) is 0. The van der Waals surface area contributed by atoms with Crippen LogP contribution >= 0.6 is 0 Å². The molecule has 1 saturated heterocycles. The van der Waals surface area contributed by atoms with Crippen LogP contribution < -0.4 is 4.90 Å². The Hall–Kier alpha value is -2.74. The fourth-order valence-electron chi connectivity index (χ4n) is 3.74. The lowest BCUT2D eigenvalue weighted by Gasteiger charge is -2.30. The summed E-state index contributed by atoms with van der Waals surface area (Å²) in [6, 6.07) is 9.56. The number of carbonyl (C=O) groups is 1. The first-order valence-electron chi connectivity index (χ1n) is 9.43. The van der Waals surface area contributed by atoms with E-state index >= 15 is 0 Å². The maximum absolute atomic E-state index is 13.6. The highest BCUT2D eigenvalue weighted by molar-refractivity contribution is 6.54. The Morgan fingerprint density at radius 3 is 2.45 bits per heavy atom. The van der Waals surface area contributed by atoms with Gasteiger partial charge in [-0.15, -0.1) is 0 Å². The smallest absolute Gasteiger partial charge is 0.293 e. The van der Waals surface area contributed by atoms with Crippen molar-refractivity contribution in [3.63, 3.8) is 0 Å². The van der Waals surface area contributed by atoms with Crippen molar-refractivity contribution in [2.24, 2.45) is 4.99 Å². The molecule has 4 nitrogen and oxygen atoms in total. The normalized spacial score (nSPS) is 19.1. The first kappa shape index (κ1) is 19.6. The molecule has 2 aromatic rings. The summed E-state index contributed by atoms with van der Waals surface area (Å²) < 4.78 is 52.6. The van der Waals surface area contributed by atoms with Gasteiger partial charge in [-0.3, -0.25) is 14.6 Å². The predicted octanol–water partition coefficient (Wildman–Crippen LogP) is 4.76. The average molecular weight is 405 g/mol. The van der Waals surface area contributed by atoms with Gasteiger partial charge in [0.15, 0.2) is 0 Å². The van der Waals surface area contributed by atoms with E-state index in [1.165, 1.54) is 6.42 Å². The fourth-order valence-corrected chi connectivity index (χ4v) is 3.74. The number of fused-ring (bicyclic) bond motifs is 1. The molecule has 1 fully saturated rings. The number of aliphatic imine (C=N–C) groups is 1. The van der Waals surface area contributed by atoms with Crippen LogP contribution in [0.5, 0.6) is 0 Å². The lowest BCUT2D eigenvalue weighted by Crippen LogP contribution is -2.43. The number of alkyl halides is 3. The molecule has 0 saturated carbocycles. The second kappa shape index (κ2) is 7.59. The Morgan fingerprint density at radius 1 is 1.00 bits per heavy atom. The van der Waals surface area contributed by atoms with Gasteiger partial charge in [0.05, 0.1) is 23.6 Å². The van der Waals surface area contributed by atoms with Crippen LogP contribution in [-0.2, 0) is 11.0 Å². The van der Waals surface area contributed by atoms with Gasteiger partial charge in [0, 0.05) is 5.56 Å². The van der Waals surface area contributed by atoms with Crippen molar-refractivity contribution in [3.05, 3.63) is 59.4 Å². The first-order chi connectivity index (χ1) is 13.8. The second-order valence-electron chi connectivity index (χ2n) is 7.19. The van der Waals surface area contributed by atoms with Gasteiger partial charge in [-0.1, -0.05) is 24.6 Å². The van der Waals surface area contributed by atoms with E-state index in [0.29, 0.717) is 24.0 Å². The van der Waals surface area contributed by atoms with E-state index in [9.17, 15) is 22.4 Å². The number of likely N-dealkylation sites (tertiary alicyclic amines) is 1. The van der Waals surface area contributed by atoms with Crippen molar-refractivity contribution in [1.29, 1.82) is 0 Å². The quantitative estimate of drug-likeness (QED) is 0.691. The van der Waals surface area contributed by atoms with Gasteiger partial charge >= 0.3 is 6.18 Å². The molecule has 2 aliphatic heterocycles. The molecule has 29 heavy (non-hydrogen) atoms. The molecular weight excluding hydrogens is 386 g/mol. The maximum Gasteiger partial charge on any atom is 0.419 e. The molecule has 2 aliphatic rings. The van der Waals surface area contributed by atoms with E-state index in [-0.39, 0.29) is 17.3 Å². The van der Waals surface area contributed by atoms with Gasteiger partial charge in [0.1, 0.15) is 11.5 Å². The number of hydrogen-bond acceptors (Lipinski definition) is 3. The third kappa shape index (κ3) is 3.89. The Morgan fingerprint density at radius 2 is 1.72 bits per heavy atom. The first-order valence-corrected chi connectivity index (χ1v) is 9.43. The summed E-state index contributed by atoms with van der Waals surface area (Å²) >= 11 is 0. The number of anilines is 1. The molecular formula is C21H19F4N3O. The van der Waals surface area contributed by atoms with Crippen molar-refractivity contribution in [2.45, 2.75) is 25.4 Å². The van der Waals surface area contributed by atoms with E-state index < -0.39 is 17.6 Å². The number of halogens is 4. The van der Waals surface area contributed by atoms with E-state index in [0.717, 1.165) is 38.1 Å². The Labute approximate surface area is 165 Å². The zero-order chi connectivity index (χ0) is 20.6. The molecule has 0 aliphatic carbocycles. The molecule has 0 N–H and O–H groups in total. The lowest BCUT2D eigenvalue weighted by molar-refractivity contribution is -0.139. The molecule has 0 bridgehead atoms. The Bertz CT molecular complexity index is 965. The zero-order valence-corrected chi connectivity index (χ0v) is 15.5. The summed E-state index contributed by atoms with van der Waals surface area (Å²) in [6.45, 7) is 2.20. The summed E-state index contributed by atoms with van der Waals surface area (Å²) in [5, 5.41) is 0. The molecule has 0 radical (unpaired) electrons. The fraction of sp³-hybridized carbons (Fsp3) is 0.333. The van der Waals surface area contributed by atoms with Crippen LogP contribution in [0, 0.1) is 5.82 Å². The number of benzene rings is 2. The van der Waals surface area contributed by atoms with Crippen LogP contribution in [0.15, 0.2) is 47.5 Å². The third-order valence-electron chi connectivity index (χ3n) is 5.18. The van der Waals surface area contributed by atoms with Crippen molar-refractivity contribution in [3.8, 4) is 0 Å². The van der Waals surface area contributed by atoms with Gasteiger partial charge in [-0.2, -0.15) is 13.2 Å². The molecule has 0 spiro atoms. The molecule has 0 aromatic heterocycles. The number of para-hydroxylation sites is 1. The number of amides is 1. The maximum atomic E-state index is 13.6. The second-order valence-corrected chi connectivity index (χ2v) is 7.19. The molecule has 2 heterocycles. The van der Waals surface area contributed by atoms with Gasteiger partial charge in [0.2, 0.25) is 0 Å². The van der Waals surface area contributed by atoms with Crippen LogP contribution in [0.4, 0.5) is 28.9 Å². The molecule has 1 amide bonds. The van der Waals surface area contributed by atoms with Gasteiger partial charge in [-0.25, -0.2) is 9.38 Å². The van der Waals surface area contributed by atoms with Crippen molar-refractivity contribution >= 4 is 23.0 Å². The minimum Gasteiger partial charge on any atom is -0.293 e. The largest absolute Gasteiger partial charge is 0.419 e. The van der Waals surface area contributed by atoms with Crippen molar-refractivity contribution < 1.29 is 22.4 Å². The van der Waals surface area contributed by atoms with Gasteiger partial charge < -0.3 is 0 Å². The lowest BCUT2D eigenvalue weighted by atomic mass is 10.1. The van der Waals surface area contributed by atoms with E-state index in [1.807, 2.05) is 0 Å². The number of piperidine rings is 1. The molecule has 152 valence electrons. The SMILES string of the molecule is O=C1C(=Nc2ccc(F)c(C(F)(F)F)c2)c2ccccc2N1CN1CCCCC1. The molecule has 8 heteroatoms. The van der Waals surface area contributed by atoms with E-state index in [1.54, 1.807) is 29.2 Å². The number of rotatable bonds is 3. The van der Waals surface area contributed by atoms with Crippen LogP contribution in [0.25, 0.3) is 0 Å². The van der Waals surface area contributed by atoms with Crippen LogP contribution in [0.1, 0.15) is 30.4 Å². The third-order valence-corrected chi connectivity index (χ3v) is 5.18. The summed E-state index contributed by atoms with van der Waals surface area (Å²) in [5.41, 5.74) is -0.204. The Kier molecular flexibility index (Phi) is 5.12. The van der Waals surface area contributed by atoms with Crippen molar-refractivity contribution in [2.75, 3.05) is 24.7 Å². The minimum absolute atomic E-state index is 0.0670. The van der Waals surface area contributed by atoms with Gasteiger partial charge in [0.25, 0.3) is 5.91 Å². The number of nitrogens with zero attached hydrogens (tertiary/aromatic N) is 3. The summed E-state index contributed by atoms with van der Waals surface area (Å²) in [6.07, 6.45) is -1.53. The molecule has 0 unspecified atom stereocenters. The topological polar surface area (TPSA) is 35.9 Å². The highest BCUT2D eigenvalue weighted by Gasteiger charge is 2.36. The van der Waals surface area contributed by atoms with E-state index in [2.05, 4.69) is 9.89 Å². The average Bonchev–Trinajstić information content (AvgIpc) is 2.95. The van der Waals surface area contributed by atoms with E-state index in [4.69, 9.17) is 0 Å². The summed E-state index contributed by atoms with van der Waals surface area (Å²) in [5.74, 6) is -1.74. The summed E-state index contributed by atoms with van der Waals surface area (Å²) in [4.78, 5) is 21.0.